The van der Waals surface area contributed by atoms with E-state index in [1.54, 1.807) is 0 Å². The van der Waals surface area contributed by atoms with Gasteiger partial charge in [0.05, 0.1) is 12.7 Å². The maximum atomic E-state index is 9.31. The van der Waals surface area contributed by atoms with E-state index in [9.17, 15) is 5.11 Å². The molecule has 1 N–H and O–H groups in total. The van der Waals surface area contributed by atoms with Gasteiger partial charge in [-0.25, -0.2) is 0 Å². The molecule has 1 aliphatic carbocycles. The smallest absolute Gasteiger partial charge is 0.163 e. The first-order valence-corrected chi connectivity index (χ1v) is 5.61. The molecule has 0 aromatic carbocycles. The second kappa shape index (κ2) is 3.89. The number of hydrogen-bond donors (Lipinski definition) is 1. The average molecular weight is 212 g/mol. The Morgan fingerprint density at radius 2 is 2.20 bits per heavy atom. The van der Waals surface area contributed by atoms with Gasteiger partial charge in [0, 0.05) is 6.61 Å². The van der Waals surface area contributed by atoms with Crippen molar-refractivity contribution >= 4 is 0 Å². The predicted octanol–water partition coefficient (Wildman–Crippen LogP) is 1.71. The highest BCUT2D eigenvalue weighted by Gasteiger charge is 2.42. The van der Waals surface area contributed by atoms with Crippen molar-refractivity contribution in [1.29, 1.82) is 0 Å². The zero-order chi connectivity index (χ0) is 11.1. The lowest BCUT2D eigenvalue weighted by Crippen LogP contribution is -2.30. The van der Waals surface area contributed by atoms with Crippen molar-refractivity contribution in [2.75, 3.05) is 13.2 Å². The Kier molecular flexibility index (Phi) is 2.88. The van der Waals surface area contributed by atoms with Gasteiger partial charge in [0.2, 0.25) is 0 Å². The summed E-state index contributed by atoms with van der Waals surface area (Å²) in [6, 6.07) is 0. The quantitative estimate of drug-likeness (QED) is 0.708. The minimum absolute atomic E-state index is 0.122. The van der Waals surface area contributed by atoms with E-state index in [2.05, 4.69) is 6.58 Å². The van der Waals surface area contributed by atoms with E-state index in [1.807, 2.05) is 13.8 Å². The lowest BCUT2D eigenvalue weighted by Gasteiger charge is -2.24. The van der Waals surface area contributed by atoms with Gasteiger partial charge in [0.1, 0.15) is 0 Å². The zero-order valence-corrected chi connectivity index (χ0v) is 9.53. The minimum Gasteiger partial charge on any atom is -0.396 e. The predicted molar refractivity (Wildman–Crippen MR) is 57.3 cm³/mol. The van der Waals surface area contributed by atoms with E-state index >= 15 is 0 Å². The van der Waals surface area contributed by atoms with E-state index in [0.717, 1.165) is 12.8 Å². The van der Waals surface area contributed by atoms with Crippen molar-refractivity contribution < 1.29 is 14.6 Å². The van der Waals surface area contributed by atoms with Crippen molar-refractivity contribution in [1.82, 2.24) is 0 Å². The molecule has 1 saturated carbocycles. The Morgan fingerprint density at radius 3 is 2.73 bits per heavy atom. The summed E-state index contributed by atoms with van der Waals surface area (Å²) in [5, 5.41) is 9.31. The van der Waals surface area contributed by atoms with Gasteiger partial charge in [-0.05, 0) is 38.5 Å². The molecule has 0 amide bonds. The Balaban J connectivity index is 2.02. The van der Waals surface area contributed by atoms with Crippen molar-refractivity contribution in [3.05, 3.63) is 12.2 Å². The van der Waals surface area contributed by atoms with E-state index in [0.29, 0.717) is 18.4 Å². The monoisotopic (exact) mass is 212 g/mol. The third-order valence-corrected chi connectivity index (χ3v) is 3.42. The third-order valence-electron chi connectivity index (χ3n) is 3.42. The minimum atomic E-state index is -0.464. The van der Waals surface area contributed by atoms with Gasteiger partial charge in [0.25, 0.3) is 0 Å². The molecule has 0 radical (unpaired) electrons. The van der Waals surface area contributed by atoms with Gasteiger partial charge in [-0.3, -0.25) is 0 Å². The summed E-state index contributed by atoms with van der Waals surface area (Å²) >= 11 is 0. The van der Waals surface area contributed by atoms with Gasteiger partial charge >= 0.3 is 0 Å². The summed E-state index contributed by atoms with van der Waals surface area (Å²) in [7, 11) is 0. The Bertz CT molecular complexity index is 260. The number of aliphatic hydroxyl groups is 1. The first kappa shape index (κ1) is 11.1. The van der Waals surface area contributed by atoms with Gasteiger partial charge in [0.15, 0.2) is 5.79 Å². The largest absolute Gasteiger partial charge is 0.396 e. The maximum absolute atomic E-state index is 9.31. The number of aliphatic hydroxyl groups excluding tert-OH is 1. The second-order valence-electron chi connectivity index (χ2n) is 5.13. The van der Waals surface area contributed by atoms with Crippen LogP contribution < -0.4 is 0 Å². The molecular formula is C12H20O3. The standard InChI is InChI=1S/C12H20O3/c1-8-4-9(6-13)10(5-8)11-7-14-12(2,3)15-11/h9-11,13H,1,4-7H2,2-3H3/t9-,10+,11+/m0/s1. The Labute approximate surface area is 91.1 Å². The SMILES string of the molecule is C=C1C[C@@H](CO)[C@H]([C@H]2COC(C)(C)O2)C1. The lowest BCUT2D eigenvalue weighted by atomic mass is 9.92. The topological polar surface area (TPSA) is 38.7 Å². The van der Waals surface area contributed by atoms with Crippen LogP contribution in [0.15, 0.2) is 12.2 Å². The highest BCUT2D eigenvalue weighted by Crippen LogP contribution is 2.41. The van der Waals surface area contributed by atoms with Crippen LogP contribution in [-0.4, -0.2) is 30.2 Å². The summed E-state index contributed by atoms with van der Waals surface area (Å²) in [5.74, 6) is 0.221. The molecule has 15 heavy (non-hydrogen) atoms. The van der Waals surface area contributed by atoms with Crippen LogP contribution >= 0.6 is 0 Å². The van der Waals surface area contributed by atoms with Crippen LogP contribution in [0.5, 0.6) is 0 Å². The molecule has 3 atom stereocenters. The van der Waals surface area contributed by atoms with E-state index < -0.39 is 5.79 Å². The van der Waals surface area contributed by atoms with Crippen molar-refractivity contribution in [2.45, 2.75) is 38.6 Å². The fourth-order valence-electron chi connectivity index (χ4n) is 2.67. The molecule has 0 bridgehead atoms. The molecule has 1 aliphatic heterocycles. The van der Waals surface area contributed by atoms with Gasteiger partial charge in [-0.1, -0.05) is 12.2 Å². The van der Waals surface area contributed by atoms with Crippen molar-refractivity contribution in [2.24, 2.45) is 11.8 Å². The van der Waals surface area contributed by atoms with E-state index in [4.69, 9.17) is 9.47 Å². The molecule has 3 heteroatoms. The van der Waals surface area contributed by atoms with E-state index in [-0.39, 0.29) is 12.7 Å². The molecule has 2 aliphatic rings. The molecular weight excluding hydrogens is 192 g/mol. The summed E-state index contributed by atoms with van der Waals surface area (Å²) < 4.78 is 11.4. The molecule has 0 aromatic rings. The molecule has 0 unspecified atom stereocenters. The van der Waals surface area contributed by atoms with Crippen LogP contribution in [0.4, 0.5) is 0 Å². The highest BCUT2D eigenvalue weighted by molar-refractivity contribution is 5.08. The van der Waals surface area contributed by atoms with Crippen LogP contribution in [0, 0.1) is 11.8 Å². The second-order valence-corrected chi connectivity index (χ2v) is 5.13. The number of rotatable bonds is 2. The van der Waals surface area contributed by atoms with Crippen LogP contribution in [0.1, 0.15) is 26.7 Å². The number of ether oxygens (including phenoxy) is 2. The Hall–Kier alpha value is -0.380. The molecule has 2 fully saturated rings. The maximum Gasteiger partial charge on any atom is 0.163 e. The zero-order valence-electron chi connectivity index (χ0n) is 9.53. The highest BCUT2D eigenvalue weighted by atomic mass is 16.7. The van der Waals surface area contributed by atoms with Crippen molar-refractivity contribution in [3.8, 4) is 0 Å². The normalized spacial score (nSPS) is 39.9. The van der Waals surface area contributed by atoms with Crippen LogP contribution in [-0.2, 0) is 9.47 Å². The summed E-state index contributed by atoms with van der Waals surface area (Å²) in [4.78, 5) is 0. The average Bonchev–Trinajstić information content (AvgIpc) is 2.68. The Morgan fingerprint density at radius 1 is 1.47 bits per heavy atom. The lowest BCUT2D eigenvalue weighted by molar-refractivity contribution is -0.146. The van der Waals surface area contributed by atoms with Gasteiger partial charge in [-0.2, -0.15) is 0 Å². The van der Waals surface area contributed by atoms with E-state index in [1.165, 1.54) is 5.57 Å². The van der Waals surface area contributed by atoms with Crippen LogP contribution in [0.25, 0.3) is 0 Å². The fourth-order valence-corrected chi connectivity index (χ4v) is 2.67. The molecule has 1 heterocycles. The molecule has 2 rings (SSSR count). The third kappa shape index (κ3) is 2.25. The first-order valence-electron chi connectivity index (χ1n) is 5.61. The number of allylic oxidation sites excluding steroid dienone is 1. The van der Waals surface area contributed by atoms with Gasteiger partial charge < -0.3 is 14.6 Å². The summed E-state index contributed by atoms with van der Waals surface area (Å²) in [6.07, 6.45) is 2.02. The first-order chi connectivity index (χ1) is 7.02. The summed E-state index contributed by atoms with van der Waals surface area (Å²) in [6.45, 7) is 8.74. The molecule has 0 spiro atoms. The molecule has 1 saturated heterocycles. The van der Waals surface area contributed by atoms with Crippen LogP contribution in [0.2, 0.25) is 0 Å². The fraction of sp³-hybridized carbons (Fsp3) is 0.833. The molecule has 86 valence electrons. The molecule has 0 aromatic heterocycles. The number of hydrogen-bond acceptors (Lipinski definition) is 3. The van der Waals surface area contributed by atoms with Crippen molar-refractivity contribution in [3.63, 3.8) is 0 Å². The van der Waals surface area contributed by atoms with Gasteiger partial charge in [-0.15, -0.1) is 0 Å². The molecule has 3 nitrogen and oxygen atoms in total. The summed E-state index contributed by atoms with van der Waals surface area (Å²) in [5.41, 5.74) is 1.23. The van der Waals surface area contributed by atoms with Crippen LogP contribution in [0.3, 0.4) is 0 Å².